The number of ether oxygens (including phenoxy) is 1. The summed E-state index contributed by atoms with van der Waals surface area (Å²) in [5, 5.41) is 19.0. The van der Waals surface area contributed by atoms with Crippen LogP contribution in [0.1, 0.15) is 63.9 Å². The average Bonchev–Trinajstić information content (AvgIpc) is 3.53. The quantitative estimate of drug-likeness (QED) is 0.279. The zero-order valence-electron chi connectivity index (χ0n) is 21.6. The normalized spacial score (nSPS) is 23.4. The summed E-state index contributed by atoms with van der Waals surface area (Å²) in [6, 6.07) is 4.58. The van der Waals surface area contributed by atoms with Crippen LogP contribution in [0, 0.1) is 13.8 Å². The van der Waals surface area contributed by atoms with E-state index in [4.69, 9.17) is 14.6 Å². The number of rotatable bonds is 7. The highest BCUT2D eigenvalue weighted by atomic mass is 19.1. The van der Waals surface area contributed by atoms with Crippen LogP contribution in [0.15, 0.2) is 34.9 Å². The largest absolute Gasteiger partial charge is 0.460 e. The van der Waals surface area contributed by atoms with Crippen molar-refractivity contribution in [3.8, 4) is 5.75 Å². The third kappa shape index (κ3) is 4.60. The molecule has 1 aromatic carbocycles. The van der Waals surface area contributed by atoms with Crippen LogP contribution >= 0.6 is 0 Å². The minimum Gasteiger partial charge on any atom is -0.460 e. The fraction of sp³-hybridized carbons (Fsp3) is 0.393. The van der Waals surface area contributed by atoms with Crippen molar-refractivity contribution < 1.29 is 33.6 Å². The molecule has 10 heteroatoms. The van der Waals surface area contributed by atoms with Gasteiger partial charge < -0.3 is 29.5 Å². The van der Waals surface area contributed by atoms with Crippen molar-refractivity contribution in [1.82, 2.24) is 15.2 Å². The van der Waals surface area contributed by atoms with Gasteiger partial charge in [-0.05, 0) is 57.7 Å². The number of aliphatic hydroxyl groups excluding tert-OH is 1. The van der Waals surface area contributed by atoms with Gasteiger partial charge in [-0.15, -0.1) is 0 Å². The molecule has 1 saturated carbocycles. The number of fused-ring (bicyclic) bond motifs is 1. The zero-order chi connectivity index (χ0) is 27.1. The standard InChI is InChI=1S/C28H31FN4O5/c1-14-10-17(34)13-33(14)28(36)20-12-31-26(15(20)2)23(8-9-30)38-18-4-5-19-24(11-18)37-16(3)25(19)27(35)32-22-7-6-21(22)29/h4-5,8-9,11-12,14,17,21-22,30-31,34H,6-7,10,13H2,1-3H3,(H,32,35)/p+1/b23-8+,30-9?/t14-,17?,21?,22-/m1/s1. The lowest BCUT2D eigenvalue weighted by atomic mass is 9.90. The SMILES string of the molecule is Cc1oc2cc(O/C(=C/C=[NH2+])c3[nH]cc(C(=O)N4CC(O)C[C@H]4C)c3C)ccc2c1C(=O)N[C@@H]1CCC1F. The van der Waals surface area contributed by atoms with Crippen LogP contribution in [-0.2, 0) is 0 Å². The molecule has 0 bridgehead atoms. The lowest BCUT2D eigenvalue weighted by Crippen LogP contribution is -2.48. The number of β-amino-alcohol motifs (C(OH)–C–C–N with tert-alkyl or cyclic N) is 1. The van der Waals surface area contributed by atoms with E-state index in [9.17, 15) is 19.1 Å². The molecule has 2 aliphatic rings. The second-order valence-electron chi connectivity index (χ2n) is 10.1. The Hall–Kier alpha value is -3.92. The molecule has 1 aliphatic carbocycles. The lowest BCUT2D eigenvalue weighted by molar-refractivity contribution is -0.104. The summed E-state index contributed by atoms with van der Waals surface area (Å²) in [7, 11) is 0. The number of amides is 2. The van der Waals surface area contributed by atoms with Gasteiger partial charge in [0.25, 0.3) is 11.8 Å². The van der Waals surface area contributed by atoms with E-state index in [0.717, 1.165) is 0 Å². The van der Waals surface area contributed by atoms with Crippen LogP contribution < -0.4 is 15.5 Å². The molecule has 38 heavy (non-hydrogen) atoms. The molecule has 2 aromatic heterocycles. The van der Waals surface area contributed by atoms with Crippen molar-refractivity contribution in [2.75, 3.05) is 6.54 Å². The fourth-order valence-corrected chi connectivity index (χ4v) is 5.20. The van der Waals surface area contributed by atoms with Gasteiger partial charge in [0.1, 0.15) is 23.3 Å². The second-order valence-corrected chi connectivity index (χ2v) is 10.1. The molecule has 2 amide bonds. The van der Waals surface area contributed by atoms with Crippen molar-refractivity contribution in [2.45, 2.75) is 64.4 Å². The maximum Gasteiger partial charge on any atom is 0.256 e. The number of aryl methyl sites for hydroxylation is 1. The summed E-state index contributed by atoms with van der Waals surface area (Å²) < 4.78 is 25.6. The summed E-state index contributed by atoms with van der Waals surface area (Å²) in [5.74, 6) is 0.731. The van der Waals surface area contributed by atoms with Crippen molar-refractivity contribution in [3.63, 3.8) is 0 Å². The molecule has 4 atom stereocenters. The zero-order valence-corrected chi connectivity index (χ0v) is 21.6. The van der Waals surface area contributed by atoms with Crippen molar-refractivity contribution in [3.05, 3.63) is 58.6 Å². The fourth-order valence-electron chi connectivity index (χ4n) is 5.20. The first-order valence-electron chi connectivity index (χ1n) is 12.8. The van der Waals surface area contributed by atoms with Crippen molar-refractivity contribution in [2.24, 2.45) is 0 Å². The summed E-state index contributed by atoms with van der Waals surface area (Å²) >= 11 is 0. The van der Waals surface area contributed by atoms with E-state index in [1.807, 2.05) is 13.8 Å². The molecule has 200 valence electrons. The Balaban J connectivity index is 1.38. The van der Waals surface area contributed by atoms with Gasteiger partial charge in [-0.25, -0.2) is 4.39 Å². The van der Waals surface area contributed by atoms with E-state index in [0.29, 0.717) is 76.4 Å². The Morgan fingerprint density at radius 3 is 2.74 bits per heavy atom. The predicted molar refractivity (Wildman–Crippen MR) is 140 cm³/mol. The predicted octanol–water partition coefficient (Wildman–Crippen LogP) is 2.45. The van der Waals surface area contributed by atoms with Crippen LogP contribution in [0.2, 0.25) is 0 Å². The van der Waals surface area contributed by atoms with Crippen LogP contribution in [0.25, 0.3) is 16.7 Å². The number of likely N-dealkylation sites (tertiary alicyclic amines) is 1. The molecular weight excluding hydrogens is 491 g/mol. The number of nitrogens with zero attached hydrogens (tertiary/aromatic N) is 1. The third-order valence-corrected chi connectivity index (χ3v) is 7.48. The highest BCUT2D eigenvalue weighted by Gasteiger charge is 2.34. The Labute approximate surface area is 219 Å². The number of halogens is 1. The van der Waals surface area contributed by atoms with E-state index in [1.165, 1.54) is 6.21 Å². The molecule has 0 spiro atoms. The highest BCUT2D eigenvalue weighted by molar-refractivity contribution is 6.07. The molecule has 2 fully saturated rings. The molecular formula is C28H32FN4O5+. The number of aromatic amines is 1. The summed E-state index contributed by atoms with van der Waals surface area (Å²) in [6.07, 6.45) is 4.65. The summed E-state index contributed by atoms with van der Waals surface area (Å²) in [5.41, 5.74) is 2.59. The van der Waals surface area contributed by atoms with Gasteiger partial charge in [0.2, 0.25) is 0 Å². The van der Waals surface area contributed by atoms with Crippen LogP contribution in [0.3, 0.4) is 0 Å². The summed E-state index contributed by atoms with van der Waals surface area (Å²) in [4.78, 5) is 30.8. The number of alkyl halides is 1. The maximum absolute atomic E-state index is 13.7. The van der Waals surface area contributed by atoms with E-state index in [-0.39, 0.29) is 17.9 Å². The molecule has 3 aromatic rings. The van der Waals surface area contributed by atoms with Crippen LogP contribution in [0.4, 0.5) is 4.39 Å². The van der Waals surface area contributed by atoms with Gasteiger partial charge in [0.15, 0.2) is 12.0 Å². The van der Waals surface area contributed by atoms with Crippen LogP contribution in [0.5, 0.6) is 5.75 Å². The Bertz CT molecular complexity index is 1440. The van der Waals surface area contributed by atoms with Crippen molar-refractivity contribution >= 4 is 34.8 Å². The minimum absolute atomic E-state index is 0.0542. The first-order chi connectivity index (χ1) is 18.2. The van der Waals surface area contributed by atoms with E-state index in [2.05, 4.69) is 10.3 Å². The van der Waals surface area contributed by atoms with Gasteiger partial charge in [-0.2, -0.15) is 0 Å². The molecule has 5 N–H and O–H groups in total. The van der Waals surface area contributed by atoms with Gasteiger partial charge >= 0.3 is 0 Å². The number of H-pyrrole nitrogens is 1. The maximum atomic E-state index is 13.7. The first-order valence-corrected chi connectivity index (χ1v) is 12.8. The van der Waals surface area contributed by atoms with Gasteiger partial charge in [-0.3, -0.25) is 15.0 Å². The molecule has 1 aliphatic heterocycles. The van der Waals surface area contributed by atoms with E-state index >= 15 is 0 Å². The minimum atomic E-state index is -1.01. The van der Waals surface area contributed by atoms with Gasteiger partial charge in [-0.1, -0.05) is 0 Å². The summed E-state index contributed by atoms with van der Waals surface area (Å²) in [6.45, 7) is 5.73. The van der Waals surface area contributed by atoms with E-state index in [1.54, 1.807) is 42.3 Å². The number of hydrogen-bond donors (Lipinski definition) is 4. The number of nitrogens with two attached hydrogens (primary N) is 1. The van der Waals surface area contributed by atoms with Crippen molar-refractivity contribution in [1.29, 1.82) is 0 Å². The first kappa shape index (κ1) is 25.7. The number of hydrogen-bond acceptors (Lipinski definition) is 5. The third-order valence-electron chi connectivity index (χ3n) is 7.48. The van der Waals surface area contributed by atoms with E-state index < -0.39 is 18.3 Å². The number of carbonyl (C=O) groups excluding carboxylic acids is 2. The number of furan rings is 1. The Morgan fingerprint density at radius 1 is 1.32 bits per heavy atom. The Kier molecular flexibility index (Phi) is 6.83. The topological polar surface area (TPSA) is 133 Å². The Morgan fingerprint density at radius 2 is 2.11 bits per heavy atom. The molecule has 1 saturated heterocycles. The molecule has 2 unspecified atom stereocenters. The lowest BCUT2D eigenvalue weighted by Gasteiger charge is -2.30. The monoisotopic (exact) mass is 523 g/mol. The number of nitrogens with one attached hydrogen (secondary N) is 2. The highest BCUT2D eigenvalue weighted by Crippen LogP contribution is 2.33. The number of aliphatic hydroxyl groups is 1. The molecule has 3 heterocycles. The number of allylic oxidation sites excluding steroid dienone is 1. The van der Waals surface area contributed by atoms with Gasteiger partial charge in [0, 0.05) is 36.3 Å². The van der Waals surface area contributed by atoms with Crippen LogP contribution in [-0.4, -0.2) is 63.9 Å². The average molecular weight is 524 g/mol. The number of aromatic nitrogens is 1. The second kappa shape index (κ2) is 10.1. The van der Waals surface area contributed by atoms with Gasteiger partial charge in [0.05, 0.1) is 29.0 Å². The smallest absolute Gasteiger partial charge is 0.256 e. The number of carbonyl (C=O) groups is 2. The molecule has 9 nitrogen and oxygen atoms in total. The molecule has 5 rings (SSSR count). The number of benzene rings is 1. The molecule has 0 radical (unpaired) electrons.